The first kappa shape index (κ1) is 13.3. The van der Waals surface area contributed by atoms with Gasteiger partial charge >= 0.3 is 0 Å². The fourth-order valence-electron chi connectivity index (χ4n) is 3.35. The van der Waals surface area contributed by atoms with Gasteiger partial charge in [-0.3, -0.25) is 0 Å². The second-order valence-electron chi connectivity index (χ2n) is 5.82. The standard InChI is InChI=1S/C13H25NO2S/c1-2-13(7-3-4-8-14-13)11-12-5-9-17(15,16)10-6-12/h12,14H,2-11H2,1H3. The maximum Gasteiger partial charge on any atom is 0.150 e. The van der Waals surface area contributed by atoms with Crippen LogP contribution in [-0.2, 0) is 9.84 Å². The molecule has 0 bridgehead atoms. The van der Waals surface area contributed by atoms with E-state index in [1.807, 2.05) is 0 Å². The van der Waals surface area contributed by atoms with E-state index in [1.165, 1.54) is 32.1 Å². The quantitative estimate of drug-likeness (QED) is 0.844. The minimum atomic E-state index is -2.70. The molecule has 1 N–H and O–H groups in total. The summed E-state index contributed by atoms with van der Waals surface area (Å²) in [4.78, 5) is 0. The zero-order valence-corrected chi connectivity index (χ0v) is 11.7. The molecule has 1 unspecified atom stereocenters. The Morgan fingerprint density at radius 3 is 2.47 bits per heavy atom. The first-order valence-corrected chi connectivity index (χ1v) is 8.83. The maximum absolute atomic E-state index is 11.4. The Bertz CT molecular complexity index is 330. The maximum atomic E-state index is 11.4. The topological polar surface area (TPSA) is 46.2 Å². The molecule has 0 saturated carbocycles. The second-order valence-corrected chi connectivity index (χ2v) is 8.12. The number of hydrogen-bond donors (Lipinski definition) is 1. The van der Waals surface area contributed by atoms with Crippen molar-refractivity contribution in [1.82, 2.24) is 5.32 Å². The van der Waals surface area contributed by atoms with Gasteiger partial charge < -0.3 is 5.32 Å². The molecule has 0 amide bonds. The van der Waals surface area contributed by atoms with Crippen LogP contribution in [0.4, 0.5) is 0 Å². The lowest BCUT2D eigenvalue weighted by atomic mass is 9.77. The Hall–Kier alpha value is -0.0900. The highest BCUT2D eigenvalue weighted by molar-refractivity contribution is 7.91. The minimum absolute atomic E-state index is 0.310. The lowest BCUT2D eigenvalue weighted by Crippen LogP contribution is -2.49. The van der Waals surface area contributed by atoms with Gasteiger partial charge in [-0.05, 0) is 51.0 Å². The Morgan fingerprint density at radius 2 is 1.94 bits per heavy atom. The number of rotatable bonds is 3. The summed E-state index contributed by atoms with van der Waals surface area (Å²) >= 11 is 0. The van der Waals surface area contributed by atoms with Crippen LogP contribution >= 0.6 is 0 Å². The second kappa shape index (κ2) is 5.27. The smallest absolute Gasteiger partial charge is 0.150 e. The Kier molecular flexibility index (Phi) is 4.14. The molecule has 2 aliphatic rings. The normalized spacial score (nSPS) is 34.6. The molecule has 0 aliphatic carbocycles. The van der Waals surface area contributed by atoms with Gasteiger partial charge in [-0.15, -0.1) is 0 Å². The van der Waals surface area contributed by atoms with E-state index in [0.29, 0.717) is 23.0 Å². The minimum Gasteiger partial charge on any atom is -0.311 e. The molecule has 4 heteroatoms. The molecule has 3 nitrogen and oxygen atoms in total. The van der Waals surface area contributed by atoms with Crippen molar-refractivity contribution >= 4 is 9.84 Å². The summed E-state index contributed by atoms with van der Waals surface area (Å²) in [7, 11) is -2.70. The molecule has 0 aromatic rings. The van der Waals surface area contributed by atoms with Crippen LogP contribution in [-0.4, -0.2) is 32.0 Å². The molecule has 2 aliphatic heterocycles. The van der Waals surface area contributed by atoms with Crippen LogP contribution in [0.25, 0.3) is 0 Å². The number of piperidine rings is 1. The highest BCUT2D eigenvalue weighted by atomic mass is 32.2. The van der Waals surface area contributed by atoms with Crippen LogP contribution < -0.4 is 5.32 Å². The van der Waals surface area contributed by atoms with E-state index in [4.69, 9.17) is 0 Å². The summed E-state index contributed by atoms with van der Waals surface area (Å²) < 4.78 is 22.8. The Morgan fingerprint density at radius 1 is 1.24 bits per heavy atom. The third-order valence-electron chi connectivity index (χ3n) is 4.61. The van der Waals surface area contributed by atoms with Gasteiger partial charge in [0.1, 0.15) is 9.84 Å². The molecular formula is C13H25NO2S. The van der Waals surface area contributed by atoms with E-state index < -0.39 is 9.84 Å². The Balaban J connectivity index is 1.91. The summed E-state index contributed by atoms with van der Waals surface area (Å²) in [6.07, 6.45) is 8.01. The molecule has 0 aromatic heterocycles. The monoisotopic (exact) mass is 259 g/mol. The van der Waals surface area contributed by atoms with E-state index in [-0.39, 0.29) is 0 Å². The lowest BCUT2D eigenvalue weighted by molar-refractivity contribution is 0.188. The van der Waals surface area contributed by atoms with Gasteiger partial charge in [-0.25, -0.2) is 8.42 Å². The van der Waals surface area contributed by atoms with Crippen LogP contribution in [0.3, 0.4) is 0 Å². The molecule has 2 heterocycles. The van der Waals surface area contributed by atoms with E-state index in [0.717, 1.165) is 19.4 Å². The largest absolute Gasteiger partial charge is 0.311 e. The van der Waals surface area contributed by atoms with Crippen molar-refractivity contribution in [2.24, 2.45) is 5.92 Å². The van der Waals surface area contributed by atoms with E-state index in [9.17, 15) is 8.42 Å². The van der Waals surface area contributed by atoms with Crippen LogP contribution in [0, 0.1) is 5.92 Å². The van der Waals surface area contributed by atoms with Crippen LogP contribution in [0.5, 0.6) is 0 Å². The molecule has 17 heavy (non-hydrogen) atoms. The zero-order valence-electron chi connectivity index (χ0n) is 10.9. The molecule has 100 valence electrons. The number of nitrogens with one attached hydrogen (secondary N) is 1. The summed E-state index contributed by atoms with van der Waals surface area (Å²) in [5, 5.41) is 3.70. The van der Waals surface area contributed by atoms with Gasteiger partial charge in [0.15, 0.2) is 0 Å². The van der Waals surface area contributed by atoms with Gasteiger partial charge in [-0.2, -0.15) is 0 Å². The van der Waals surface area contributed by atoms with Crippen molar-refractivity contribution in [2.75, 3.05) is 18.1 Å². The Labute approximate surface area is 105 Å². The van der Waals surface area contributed by atoms with Crippen molar-refractivity contribution in [1.29, 1.82) is 0 Å². The zero-order chi connectivity index (χ0) is 12.4. The van der Waals surface area contributed by atoms with Gasteiger partial charge in [0, 0.05) is 5.54 Å². The van der Waals surface area contributed by atoms with Crippen LogP contribution in [0.1, 0.15) is 51.9 Å². The van der Waals surface area contributed by atoms with Crippen molar-refractivity contribution < 1.29 is 8.42 Å². The van der Waals surface area contributed by atoms with E-state index >= 15 is 0 Å². The summed E-state index contributed by atoms with van der Waals surface area (Å²) in [5.74, 6) is 1.44. The van der Waals surface area contributed by atoms with Gasteiger partial charge in [0.05, 0.1) is 11.5 Å². The van der Waals surface area contributed by atoms with Gasteiger partial charge in [0.25, 0.3) is 0 Å². The molecule has 0 spiro atoms. The van der Waals surface area contributed by atoms with Crippen molar-refractivity contribution in [3.05, 3.63) is 0 Å². The van der Waals surface area contributed by atoms with Gasteiger partial charge in [0.2, 0.25) is 0 Å². The number of sulfone groups is 1. The van der Waals surface area contributed by atoms with E-state index in [1.54, 1.807) is 0 Å². The average Bonchev–Trinajstić information content (AvgIpc) is 2.33. The SMILES string of the molecule is CCC1(CC2CCS(=O)(=O)CC2)CCCCN1. The summed E-state index contributed by atoms with van der Waals surface area (Å²) in [5.41, 5.74) is 0.310. The third-order valence-corrected chi connectivity index (χ3v) is 6.33. The van der Waals surface area contributed by atoms with Crippen molar-refractivity contribution in [3.63, 3.8) is 0 Å². The highest BCUT2D eigenvalue weighted by Crippen LogP contribution is 2.34. The predicted octanol–water partition coefficient (Wildman–Crippen LogP) is 2.12. The highest BCUT2D eigenvalue weighted by Gasteiger charge is 2.34. The molecule has 0 radical (unpaired) electrons. The summed E-state index contributed by atoms with van der Waals surface area (Å²) in [6.45, 7) is 3.40. The molecule has 2 rings (SSSR count). The van der Waals surface area contributed by atoms with Crippen molar-refractivity contribution in [2.45, 2.75) is 57.4 Å². The molecule has 2 saturated heterocycles. The molecule has 2 fully saturated rings. The number of hydrogen-bond acceptors (Lipinski definition) is 3. The van der Waals surface area contributed by atoms with E-state index in [2.05, 4.69) is 12.2 Å². The van der Waals surface area contributed by atoms with Crippen LogP contribution in [0.2, 0.25) is 0 Å². The predicted molar refractivity (Wildman–Crippen MR) is 70.9 cm³/mol. The third kappa shape index (κ3) is 3.44. The average molecular weight is 259 g/mol. The first-order valence-electron chi connectivity index (χ1n) is 7.01. The van der Waals surface area contributed by atoms with Crippen LogP contribution in [0.15, 0.2) is 0 Å². The molecule has 0 aromatic carbocycles. The van der Waals surface area contributed by atoms with Crippen molar-refractivity contribution in [3.8, 4) is 0 Å². The first-order chi connectivity index (χ1) is 8.05. The fraction of sp³-hybridized carbons (Fsp3) is 1.00. The lowest BCUT2D eigenvalue weighted by Gasteiger charge is -2.41. The van der Waals surface area contributed by atoms with Gasteiger partial charge in [-0.1, -0.05) is 13.3 Å². The summed E-state index contributed by atoms with van der Waals surface area (Å²) in [6, 6.07) is 0. The molecular weight excluding hydrogens is 234 g/mol. The molecule has 1 atom stereocenters. The fourth-order valence-corrected chi connectivity index (χ4v) is 4.94.